The summed E-state index contributed by atoms with van der Waals surface area (Å²) in [5.41, 5.74) is 9.20. The summed E-state index contributed by atoms with van der Waals surface area (Å²) in [6.45, 7) is 6.92. The van der Waals surface area contributed by atoms with Gasteiger partial charge < -0.3 is 0 Å². The highest BCUT2D eigenvalue weighted by Gasteiger charge is 2.39. The molecule has 0 radical (unpaired) electrons. The van der Waals surface area contributed by atoms with E-state index in [0.717, 1.165) is 6.42 Å². The summed E-state index contributed by atoms with van der Waals surface area (Å²) in [6, 6.07) is 40.1. The minimum absolute atomic E-state index is 0.171. The van der Waals surface area contributed by atoms with E-state index in [-0.39, 0.29) is 10.8 Å². The first-order valence-electron chi connectivity index (χ1n) is 11.5. The SMILES string of the molecule is CC1=CC(C)(C)Cc2cc(C(c3ccccc3)(c3ccccc3)c3ccccc3)ccc21. The summed E-state index contributed by atoms with van der Waals surface area (Å²) in [5.74, 6) is 0. The molecule has 0 amide bonds. The molecule has 0 fully saturated rings. The van der Waals surface area contributed by atoms with Crippen LogP contribution in [0.2, 0.25) is 0 Å². The zero-order valence-corrected chi connectivity index (χ0v) is 19.2. The number of hydrogen-bond acceptors (Lipinski definition) is 0. The van der Waals surface area contributed by atoms with Gasteiger partial charge in [0.2, 0.25) is 0 Å². The Morgan fingerprint density at radius 3 is 1.53 bits per heavy atom. The first kappa shape index (κ1) is 20.5. The van der Waals surface area contributed by atoms with Gasteiger partial charge >= 0.3 is 0 Å². The third-order valence-corrected chi connectivity index (χ3v) is 6.84. The molecule has 0 aliphatic heterocycles. The number of allylic oxidation sites excluding steroid dienone is 2. The molecule has 0 heterocycles. The molecular formula is C32H30. The fourth-order valence-corrected chi connectivity index (χ4v) is 5.63. The molecule has 0 spiro atoms. The highest BCUT2D eigenvalue weighted by molar-refractivity contribution is 5.71. The lowest BCUT2D eigenvalue weighted by Crippen LogP contribution is -2.31. The van der Waals surface area contributed by atoms with Gasteiger partial charge in [-0.3, -0.25) is 0 Å². The van der Waals surface area contributed by atoms with E-state index in [1.165, 1.54) is 39.0 Å². The summed E-state index contributed by atoms with van der Waals surface area (Å²) < 4.78 is 0. The summed E-state index contributed by atoms with van der Waals surface area (Å²) in [4.78, 5) is 0. The van der Waals surface area contributed by atoms with E-state index in [9.17, 15) is 0 Å². The molecule has 5 rings (SSSR count). The third-order valence-electron chi connectivity index (χ3n) is 6.84. The normalized spacial score (nSPS) is 15.0. The van der Waals surface area contributed by atoms with Gasteiger partial charge in [-0.2, -0.15) is 0 Å². The van der Waals surface area contributed by atoms with Crippen molar-refractivity contribution in [3.63, 3.8) is 0 Å². The third kappa shape index (κ3) is 3.41. The lowest BCUT2D eigenvalue weighted by Gasteiger charge is -2.38. The molecule has 0 heteroatoms. The molecule has 1 aliphatic rings. The molecule has 32 heavy (non-hydrogen) atoms. The van der Waals surface area contributed by atoms with Crippen LogP contribution in [0.15, 0.2) is 115 Å². The van der Waals surface area contributed by atoms with E-state index < -0.39 is 0 Å². The predicted octanol–water partition coefficient (Wildman–Crippen LogP) is 8.05. The van der Waals surface area contributed by atoms with Crippen LogP contribution < -0.4 is 0 Å². The van der Waals surface area contributed by atoms with Crippen LogP contribution in [0.1, 0.15) is 54.2 Å². The minimum Gasteiger partial charge on any atom is -0.0750 e. The van der Waals surface area contributed by atoms with E-state index >= 15 is 0 Å². The van der Waals surface area contributed by atoms with Crippen LogP contribution >= 0.6 is 0 Å². The highest BCUT2D eigenvalue weighted by Crippen LogP contribution is 2.47. The largest absolute Gasteiger partial charge is 0.0750 e. The smallest absolute Gasteiger partial charge is 0.0701 e. The molecular weight excluding hydrogens is 384 g/mol. The van der Waals surface area contributed by atoms with Crippen LogP contribution in [-0.2, 0) is 11.8 Å². The molecule has 4 aromatic rings. The monoisotopic (exact) mass is 414 g/mol. The second-order valence-corrected chi connectivity index (χ2v) is 9.71. The second-order valence-electron chi connectivity index (χ2n) is 9.71. The molecule has 0 saturated carbocycles. The van der Waals surface area contributed by atoms with Gasteiger partial charge in [0.15, 0.2) is 0 Å². The van der Waals surface area contributed by atoms with E-state index in [2.05, 4.69) is 136 Å². The van der Waals surface area contributed by atoms with Crippen LogP contribution in [0.4, 0.5) is 0 Å². The first-order chi connectivity index (χ1) is 15.5. The van der Waals surface area contributed by atoms with Gasteiger partial charge in [0, 0.05) is 0 Å². The summed E-state index contributed by atoms with van der Waals surface area (Å²) >= 11 is 0. The summed E-state index contributed by atoms with van der Waals surface area (Å²) in [7, 11) is 0. The van der Waals surface area contributed by atoms with Crippen molar-refractivity contribution in [1.82, 2.24) is 0 Å². The molecule has 0 atom stereocenters. The van der Waals surface area contributed by atoms with Gasteiger partial charge in [-0.1, -0.05) is 129 Å². The predicted molar refractivity (Wildman–Crippen MR) is 136 cm³/mol. The van der Waals surface area contributed by atoms with Crippen LogP contribution in [0.3, 0.4) is 0 Å². The van der Waals surface area contributed by atoms with Gasteiger partial charge in [-0.05, 0) is 57.7 Å². The molecule has 0 aromatic heterocycles. The zero-order chi connectivity index (χ0) is 22.2. The minimum atomic E-state index is -0.377. The van der Waals surface area contributed by atoms with Crippen molar-refractivity contribution in [2.24, 2.45) is 5.41 Å². The lowest BCUT2D eigenvalue weighted by molar-refractivity contribution is 0.472. The number of fused-ring (bicyclic) bond motifs is 1. The Labute approximate surface area is 192 Å². The Balaban J connectivity index is 1.85. The van der Waals surface area contributed by atoms with Gasteiger partial charge in [-0.25, -0.2) is 0 Å². The standard InChI is InChI=1S/C32H30/c1-24-22-31(2,3)23-25-21-29(19-20-30(24)25)32(26-13-7-4-8-14-26,27-15-9-5-10-16-27)28-17-11-6-12-18-28/h4-22H,23H2,1-3H3. The maximum Gasteiger partial charge on any atom is 0.0701 e. The van der Waals surface area contributed by atoms with Crippen molar-refractivity contribution in [3.05, 3.63) is 149 Å². The van der Waals surface area contributed by atoms with E-state index in [1.807, 2.05) is 0 Å². The molecule has 1 aliphatic carbocycles. The maximum atomic E-state index is 2.47. The fraction of sp³-hybridized carbons (Fsp3) is 0.188. The topological polar surface area (TPSA) is 0 Å². The van der Waals surface area contributed by atoms with Crippen LogP contribution in [0, 0.1) is 5.41 Å². The first-order valence-corrected chi connectivity index (χ1v) is 11.5. The van der Waals surface area contributed by atoms with Crippen molar-refractivity contribution in [2.45, 2.75) is 32.6 Å². The van der Waals surface area contributed by atoms with Gasteiger partial charge in [0.25, 0.3) is 0 Å². The van der Waals surface area contributed by atoms with Gasteiger partial charge in [0.05, 0.1) is 5.41 Å². The highest BCUT2D eigenvalue weighted by atomic mass is 14.4. The van der Waals surface area contributed by atoms with Gasteiger partial charge in [0.1, 0.15) is 0 Å². The molecule has 158 valence electrons. The molecule has 0 unspecified atom stereocenters. The van der Waals surface area contributed by atoms with Crippen LogP contribution in [-0.4, -0.2) is 0 Å². The average Bonchev–Trinajstić information content (AvgIpc) is 2.81. The number of rotatable bonds is 4. The molecule has 0 saturated heterocycles. The lowest BCUT2D eigenvalue weighted by atomic mass is 9.64. The van der Waals surface area contributed by atoms with Crippen molar-refractivity contribution in [1.29, 1.82) is 0 Å². The Bertz CT molecular complexity index is 1150. The molecule has 0 bridgehead atoms. The quantitative estimate of drug-likeness (QED) is 0.296. The molecule has 0 nitrogen and oxygen atoms in total. The van der Waals surface area contributed by atoms with E-state index in [4.69, 9.17) is 0 Å². The van der Waals surface area contributed by atoms with Crippen molar-refractivity contribution in [2.75, 3.05) is 0 Å². The van der Waals surface area contributed by atoms with Crippen LogP contribution in [0.25, 0.3) is 5.57 Å². The van der Waals surface area contributed by atoms with Crippen molar-refractivity contribution in [3.8, 4) is 0 Å². The van der Waals surface area contributed by atoms with Crippen LogP contribution in [0.5, 0.6) is 0 Å². The van der Waals surface area contributed by atoms with Crippen molar-refractivity contribution >= 4 is 5.57 Å². The summed E-state index contributed by atoms with van der Waals surface area (Å²) in [5, 5.41) is 0. The Morgan fingerprint density at radius 2 is 1.06 bits per heavy atom. The van der Waals surface area contributed by atoms with Crippen molar-refractivity contribution < 1.29 is 0 Å². The second kappa shape index (κ2) is 7.95. The van der Waals surface area contributed by atoms with E-state index in [0.29, 0.717) is 0 Å². The maximum absolute atomic E-state index is 2.47. The summed E-state index contributed by atoms with van der Waals surface area (Å²) in [6.07, 6.45) is 3.48. The number of benzene rings is 4. The molecule has 0 N–H and O–H groups in total. The average molecular weight is 415 g/mol. The zero-order valence-electron chi connectivity index (χ0n) is 19.2. The fourth-order valence-electron chi connectivity index (χ4n) is 5.63. The van der Waals surface area contributed by atoms with E-state index in [1.54, 1.807) is 0 Å². The Morgan fingerprint density at radius 1 is 0.594 bits per heavy atom. The Kier molecular flexibility index (Phi) is 5.10. The Hall–Kier alpha value is -3.38. The number of hydrogen-bond donors (Lipinski definition) is 0. The van der Waals surface area contributed by atoms with Gasteiger partial charge in [-0.15, -0.1) is 0 Å². The molecule has 4 aromatic carbocycles.